The first kappa shape index (κ1) is 18.6. The van der Waals surface area contributed by atoms with Crippen molar-refractivity contribution in [2.75, 3.05) is 27.3 Å². The van der Waals surface area contributed by atoms with Crippen LogP contribution in [0.15, 0.2) is 53.5 Å². The van der Waals surface area contributed by atoms with E-state index in [4.69, 9.17) is 15.2 Å². The Kier molecular flexibility index (Phi) is 7.14. The van der Waals surface area contributed by atoms with Crippen molar-refractivity contribution in [3.05, 3.63) is 59.7 Å². The summed E-state index contributed by atoms with van der Waals surface area (Å²) < 4.78 is 10.6. The summed E-state index contributed by atoms with van der Waals surface area (Å²) in [6, 6.07) is 16.2. The zero-order valence-electron chi connectivity index (χ0n) is 15.2. The Bertz CT molecular complexity index is 687. The highest BCUT2D eigenvalue weighted by Crippen LogP contribution is 2.27. The molecule has 0 aliphatic carbocycles. The van der Waals surface area contributed by atoms with Gasteiger partial charge in [0, 0.05) is 19.0 Å². The van der Waals surface area contributed by atoms with Crippen molar-refractivity contribution in [3.63, 3.8) is 0 Å². The van der Waals surface area contributed by atoms with E-state index in [-0.39, 0.29) is 0 Å². The molecule has 0 aromatic heterocycles. The summed E-state index contributed by atoms with van der Waals surface area (Å²) in [5.74, 6) is 2.28. The normalized spacial score (nSPS) is 12.5. The molecular formula is C20H27N3O2. The molecule has 1 atom stereocenters. The summed E-state index contributed by atoms with van der Waals surface area (Å²) in [5.41, 5.74) is 8.38. The molecule has 1 unspecified atom stereocenters. The highest BCUT2D eigenvalue weighted by atomic mass is 16.5. The predicted molar refractivity (Wildman–Crippen MR) is 103 cm³/mol. The number of hydrogen-bond donors (Lipinski definition) is 2. The third kappa shape index (κ3) is 5.71. The largest absolute Gasteiger partial charge is 0.493 e. The van der Waals surface area contributed by atoms with Gasteiger partial charge < -0.3 is 20.5 Å². The van der Waals surface area contributed by atoms with E-state index in [2.05, 4.69) is 29.4 Å². The summed E-state index contributed by atoms with van der Waals surface area (Å²) in [7, 11) is 3.27. The van der Waals surface area contributed by atoms with Gasteiger partial charge >= 0.3 is 0 Å². The number of nitrogens with two attached hydrogens (primary N) is 1. The molecule has 0 amide bonds. The van der Waals surface area contributed by atoms with Crippen LogP contribution in [0.25, 0.3) is 0 Å². The van der Waals surface area contributed by atoms with Crippen molar-refractivity contribution in [1.82, 2.24) is 5.32 Å². The summed E-state index contributed by atoms with van der Waals surface area (Å²) in [6.45, 7) is 3.53. The Morgan fingerprint density at radius 3 is 2.48 bits per heavy atom. The highest BCUT2D eigenvalue weighted by molar-refractivity contribution is 5.77. The zero-order valence-corrected chi connectivity index (χ0v) is 15.2. The van der Waals surface area contributed by atoms with Crippen LogP contribution >= 0.6 is 0 Å². The van der Waals surface area contributed by atoms with Crippen molar-refractivity contribution < 1.29 is 9.47 Å². The van der Waals surface area contributed by atoms with Crippen molar-refractivity contribution >= 4 is 5.96 Å². The third-order valence-electron chi connectivity index (χ3n) is 4.07. The predicted octanol–water partition coefficient (Wildman–Crippen LogP) is 2.95. The minimum atomic E-state index is 0.340. The molecular weight excluding hydrogens is 314 g/mol. The number of ether oxygens (including phenoxy) is 2. The molecule has 134 valence electrons. The van der Waals surface area contributed by atoms with E-state index in [1.165, 1.54) is 5.56 Å². The zero-order chi connectivity index (χ0) is 18.1. The third-order valence-corrected chi connectivity index (χ3v) is 4.07. The van der Waals surface area contributed by atoms with Crippen LogP contribution in [0.5, 0.6) is 11.5 Å². The Balaban J connectivity index is 1.81. The fourth-order valence-corrected chi connectivity index (χ4v) is 2.55. The van der Waals surface area contributed by atoms with Crippen LogP contribution in [0.4, 0.5) is 0 Å². The molecule has 3 N–H and O–H groups in total. The van der Waals surface area contributed by atoms with Crippen molar-refractivity contribution in [3.8, 4) is 11.5 Å². The van der Waals surface area contributed by atoms with Crippen LogP contribution < -0.4 is 20.5 Å². The van der Waals surface area contributed by atoms with E-state index in [1.54, 1.807) is 14.2 Å². The minimum absolute atomic E-state index is 0.340. The van der Waals surface area contributed by atoms with Gasteiger partial charge in [0.25, 0.3) is 0 Å². The molecule has 25 heavy (non-hydrogen) atoms. The maximum Gasteiger partial charge on any atom is 0.188 e. The fourth-order valence-electron chi connectivity index (χ4n) is 2.55. The molecule has 2 rings (SSSR count). The lowest BCUT2D eigenvalue weighted by Crippen LogP contribution is -2.33. The van der Waals surface area contributed by atoms with Crippen LogP contribution in [0.1, 0.15) is 24.0 Å². The summed E-state index contributed by atoms with van der Waals surface area (Å²) in [4.78, 5) is 4.43. The second kappa shape index (κ2) is 9.57. The Morgan fingerprint density at radius 1 is 1.08 bits per heavy atom. The first-order valence-corrected chi connectivity index (χ1v) is 8.43. The Morgan fingerprint density at radius 2 is 1.80 bits per heavy atom. The molecule has 0 fully saturated rings. The van der Waals surface area contributed by atoms with Gasteiger partial charge in [-0.25, -0.2) is 0 Å². The SMILES string of the molecule is COc1ccc(CCNC(N)=NCC(C)c2ccccc2)cc1OC. The van der Waals surface area contributed by atoms with E-state index in [9.17, 15) is 0 Å². The number of guanidine groups is 1. The topological polar surface area (TPSA) is 68.9 Å². The second-order valence-electron chi connectivity index (χ2n) is 5.90. The molecule has 5 nitrogen and oxygen atoms in total. The lowest BCUT2D eigenvalue weighted by Gasteiger charge is -2.11. The monoisotopic (exact) mass is 341 g/mol. The van der Waals surface area contributed by atoms with Crippen molar-refractivity contribution in [1.29, 1.82) is 0 Å². The molecule has 0 aliphatic heterocycles. The second-order valence-corrected chi connectivity index (χ2v) is 5.90. The fraction of sp³-hybridized carbons (Fsp3) is 0.350. The molecule has 0 spiro atoms. The van der Waals surface area contributed by atoms with Gasteiger partial charge in [0.1, 0.15) is 0 Å². The van der Waals surface area contributed by atoms with E-state index in [0.29, 0.717) is 25.0 Å². The van der Waals surface area contributed by atoms with Gasteiger partial charge in [-0.3, -0.25) is 4.99 Å². The molecule has 0 saturated carbocycles. The van der Waals surface area contributed by atoms with Crippen LogP contribution in [-0.4, -0.2) is 33.3 Å². The molecule has 5 heteroatoms. The molecule has 0 radical (unpaired) electrons. The average molecular weight is 341 g/mol. The first-order valence-electron chi connectivity index (χ1n) is 8.43. The van der Waals surface area contributed by atoms with Gasteiger partial charge in [-0.1, -0.05) is 43.3 Å². The average Bonchev–Trinajstić information content (AvgIpc) is 2.66. The summed E-state index contributed by atoms with van der Waals surface area (Å²) in [5, 5.41) is 3.16. The van der Waals surface area contributed by atoms with Gasteiger partial charge in [0.2, 0.25) is 0 Å². The standard InChI is InChI=1S/C20H27N3O2/c1-15(17-7-5-4-6-8-17)14-23-20(21)22-12-11-16-9-10-18(24-2)19(13-16)25-3/h4-10,13,15H,11-12,14H2,1-3H3,(H3,21,22,23). The van der Waals surface area contributed by atoms with Gasteiger partial charge in [0.15, 0.2) is 17.5 Å². The van der Waals surface area contributed by atoms with Gasteiger partial charge in [-0.05, 0) is 29.7 Å². The summed E-state index contributed by atoms with van der Waals surface area (Å²) in [6.07, 6.45) is 0.824. The maximum absolute atomic E-state index is 5.96. The number of rotatable bonds is 8. The number of nitrogens with zero attached hydrogens (tertiary/aromatic N) is 1. The smallest absolute Gasteiger partial charge is 0.188 e. The quantitative estimate of drug-likeness (QED) is 0.572. The van der Waals surface area contributed by atoms with Gasteiger partial charge in [0.05, 0.1) is 14.2 Å². The Hall–Kier alpha value is -2.69. The molecule has 0 saturated heterocycles. The number of nitrogens with one attached hydrogen (secondary N) is 1. The van der Waals surface area contributed by atoms with E-state index < -0.39 is 0 Å². The molecule has 2 aromatic carbocycles. The van der Waals surface area contributed by atoms with Gasteiger partial charge in [-0.2, -0.15) is 0 Å². The number of benzene rings is 2. The van der Waals surface area contributed by atoms with Crippen molar-refractivity contribution in [2.45, 2.75) is 19.3 Å². The molecule has 0 bridgehead atoms. The maximum atomic E-state index is 5.96. The van der Waals surface area contributed by atoms with Gasteiger partial charge in [-0.15, -0.1) is 0 Å². The summed E-state index contributed by atoms with van der Waals surface area (Å²) >= 11 is 0. The van der Waals surface area contributed by atoms with E-state index in [0.717, 1.165) is 23.5 Å². The highest BCUT2D eigenvalue weighted by Gasteiger charge is 2.05. The lowest BCUT2D eigenvalue weighted by atomic mass is 10.0. The number of hydrogen-bond acceptors (Lipinski definition) is 3. The van der Waals surface area contributed by atoms with Crippen LogP contribution in [0.3, 0.4) is 0 Å². The molecule has 2 aromatic rings. The lowest BCUT2D eigenvalue weighted by molar-refractivity contribution is 0.354. The molecule has 0 heterocycles. The molecule has 0 aliphatic rings. The van der Waals surface area contributed by atoms with Crippen LogP contribution in [0, 0.1) is 0 Å². The van der Waals surface area contributed by atoms with Crippen molar-refractivity contribution in [2.24, 2.45) is 10.7 Å². The first-order chi connectivity index (χ1) is 12.1. The van der Waals surface area contributed by atoms with E-state index in [1.807, 2.05) is 36.4 Å². The number of methoxy groups -OCH3 is 2. The van der Waals surface area contributed by atoms with E-state index >= 15 is 0 Å². The Labute approximate surface area is 149 Å². The van der Waals surface area contributed by atoms with Crippen LogP contribution in [0.2, 0.25) is 0 Å². The number of aliphatic imine (C=N–C) groups is 1. The minimum Gasteiger partial charge on any atom is -0.493 e. The van der Waals surface area contributed by atoms with Crippen LogP contribution in [-0.2, 0) is 6.42 Å².